The van der Waals surface area contributed by atoms with E-state index in [1.807, 2.05) is 0 Å². The third-order valence-electron chi connectivity index (χ3n) is 7.95. The van der Waals surface area contributed by atoms with Crippen LogP contribution in [0.4, 0.5) is 10.5 Å². The van der Waals surface area contributed by atoms with Gasteiger partial charge in [0.25, 0.3) is 0 Å². The lowest BCUT2D eigenvalue weighted by atomic mass is 9.76. The highest BCUT2D eigenvalue weighted by atomic mass is 16.6. The van der Waals surface area contributed by atoms with E-state index in [4.69, 9.17) is 4.74 Å². The van der Waals surface area contributed by atoms with Crippen LogP contribution >= 0.6 is 0 Å². The van der Waals surface area contributed by atoms with Crippen LogP contribution in [0.2, 0.25) is 0 Å². The monoisotopic (exact) mass is 516 g/mol. The molecule has 1 saturated carbocycles. The van der Waals surface area contributed by atoms with Crippen LogP contribution in [0.25, 0.3) is 0 Å². The second-order valence-corrected chi connectivity index (χ2v) is 11.5. The Morgan fingerprint density at radius 1 is 0.919 bits per heavy atom. The number of carbonyl (C=O) groups excluding carboxylic acids is 3. The summed E-state index contributed by atoms with van der Waals surface area (Å²) < 4.78 is 5.60. The maximum Gasteiger partial charge on any atom is 0.410 e. The van der Waals surface area contributed by atoms with Crippen molar-refractivity contribution >= 4 is 23.6 Å². The van der Waals surface area contributed by atoms with Crippen molar-refractivity contribution in [3.63, 3.8) is 0 Å². The van der Waals surface area contributed by atoms with E-state index in [0.29, 0.717) is 52.0 Å². The van der Waals surface area contributed by atoms with Gasteiger partial charge in [-0.25, -0.2) is 10.3 Å². The van der Waals surface area contributed by atoms with E-state index in [-0.39, 0.29) is 24.3 Å². The van der Waals surface area contributed by atoms with Gasteiger partial charge in [0.2, 0.25) is 11.8 Å². The number of hydrogen-bond acceptors (Lipinski definition) is 7. The third-order valence-corrected chi connectivity index (χ3v) is 7.95. The number of ether oxygens (including phenoxy) is 1. The molecule has 1 unspecified atom stereocenters. The van der Waals surface area contributed by atoms with Crippen LogP contribution in [0.5, 0.6) is 0 Å². The zero-order valence-corrected chi connectivity index (χ0v) is 22.1. The zero-order chi connectivity index (χ0) is 26.7. The normalized spacial score (nSPS) is 26.7. The second kappa shape index (κ2) is 11.3. The molecule has 0 aromatic heterocycles. The highest BCUT2D eigenvalue weighted by Crippen LogP contribution is 2.34. The molecule has 1 aromatic carbocycles. The Bertz CT molecular complexity index is 970. The van der Waals surface area contributed by atoms with Crippen molar-refractivity contribution in [2.75, 3.05) is 44.2 Å². The minimum Gasteiger partial charge on any atom is -0.446 e. The summed E-state index contributed by atoms with van der Waals surface area (Å²) in [7, 11) is 0. The number of nitrogens with zero attached hydrogens (tertiary/aromatic N) is 3. The quantitative estimate of drug-likeness (QED) is 0.414. The van der Waals surface area contributed by atoms with Gasteiger partial charge in [-0.2, -0.15) is 0 Å². The largest absolute Gasteiger partial charge is 0.446 e. The number of β-amino-alcohol motifs (C(OH)–C–C–N with tert-alkyl or cyclic N) is 1. The lowest BCUT2D eigenvalue weighted by Gasteiger charge is -2.40. The first-order chi connectivity index (χ1) is 17.6. The first kappa shape index (κ1) is 27.2. The first-order valence-corrected chi connectivity index (χ1v) is 13.3. The van der Waals surface area contributed by atoms with Gasteiger partial charge in [-0.15, -0.1) is 0 Å². The fraction of sp³-hybridized carbons (Fsp3) is 0.667. The van der Waals surface area contributed by atoms with E-state index in [2.05, 4.69) is 49.9 Å². The molecule has 3 fully saturated rings. The number of likely N-dealkylation sites (tertiary alicyclic amines) is 1. The minimum atomic E-state index is -0.781. The topological polar surface area (TPSA) is 123 Å². The van der Waals surface area contributed by atoms with Gasteiger partial charge in [-0.05, 0) is 48.8 Å². The number of hydrogen-bond donors (Lipinski definition) is 3. The fourth-order valence-electron chi connectivity index (χ4n) is 5.62. The van der Waals surface area contributed by atoms with Crippen molar-refractivity contribution < 1.29 is 29.4 Å². The number of anilines is 1. The maximum absolute atomic E-state index is 13.5. The summed E-state index contributed by atoms with van der Waals surface area (Å²) in [6, 6.07) is 8.57. The number of hydroxylamine groups is 1. The molecule has 37 heavy (non-hydrogen) atoms. The summed E-state index contributed by atoms with van der Waals surface area (Å²) in [6.07, 6.45) is -0.0329. The smallest absolute Gasteiger partial charge is 0.410 e. The molecule has 10 nitrogen and oxygen atoms in total. The van der Waals surface area contributed by atoms with Crippen molar-refractivity contribution in [2.45, 2.75) is 64.1 Å². The average molecular weight is 517 g/mol. The zero-order valence-electron chi connectivity index (χ0n) is 22.1. The van der Waals surface area contributed by atoms with Crippen molar-refractivity contribution in [1.82, 2.24) is 15.3 Å². The van der Waals surface area contributed by atoms with Crippen LogP contribution in [-0.4, -0.2) is 89.5 Å². The molecule has 4 rings (SSSR count). The SMILES string of the molecule is CC(C)(C)c1ccc(N2CCN(C(=O)[C@H]3CC[C@H](OC(=O)N4CC[C@@H](O)C4)CC3C(=O)NO)CC2)cc1. The van der Waals surface area contributed by atoms with E-state index in [9.17, 15) is 24.7 Å². The Labute approximate surface area is 218 Å². The Hall–Kier alpha value is -2.85. The second-order valence-electron chi connectivity index (χ2n) is 11.5. The molecule has 3 aliphatic rings. The van der Waals surface area contributed by atoms with E-state index in [0.717, 1.165) is 5.69 Å². The average Bonchev–Trinajstić information content (AvgIpc) is 3.34. The standard InChI is InChI=1S/C27H40N4O6/c1-27(2,3)18-4-6-19(7-5-18)29-12-14-30(15-13-29)25(34)22-9-8-21(16-23(22)24(33)28-36)37-26(35)31-11-10-20(32)17-31/h4-7,20-23,32,36H,8-17H2,1-3H3,(H,28,33)/t20-,21+,22+,23?/m1/s1. The van der Waals surface area contributed by atoms with Gasteiger partial charge in [-0.1, -0.05) is 32.9 Å². The van der Waals surface area contributed by atoms with Crippen LogP contribution < -0.4 is 10.4 Å². The van der Waals surface area contributed by atoms with Gasteiger partial charge < -0.3 is 24.5 Å². The molecule has 10 heteroatoms. The van der Waals surface area contributed by atoms with Crippen LogP contribution in [0, 0.1) is 11.8 Å². The molecule has 2 saturated heterocycles. The maximum atomic E-state index is 13.5. The lowest BCUT2D eigenvalue weighted by Crippen LogP contribution is -2.53. The molecule has 0 radical (unpaired) electrons. The summed E-state index contributed by atoms with van der Waals surface area (Å²) in [5.74, 6) is -2.08. The number of piperazine rings is 1. The molecule has 2 aliphatic heterocycles. The molecule has 2 heterocycles. The number of amides is 3. The van der Waals surface area contributed by atoms with E-state index in [1.165, 1.54) is 10.5 Å². The molecule has 0 bridgehead atoms. The third kappa shape index (κ3) is 6.35. The van der Waals surface area contributed by atoms with Crippen LogP contribution in [0.3, 0.4) is 0 Å². The summed E-state index contributed by atoms with van der Waals surface area (Å²) in [6.45, 7) is 9.74. The van der Waals surface area contributed by atoms with Gasteiger partial charge in [0.05, 0.1) is 17.9 Å². The molecule has 3 N–H and O–H groups in total. The molecule has 1 aliphatic carbocycles. The Kier molecular flexibility index (Phi) is 8.28. The molecule has 4 atom stereocenters. The summed E-state index contributed by atoms with van der Waals surface area (Å²) in [5.41, 5.74) is 4.20. The molecule has 0 spiro atoms. The number of nitrogens with one attached hydrogen (secondary N) is 1. The van der Waals surface area contributed by atoms with Gasteiger partial charge >= 0.3 is 6.09 Å². The van der Waals surface area contributed by atoms with Gasteiger partial charge in [0, 0.05) is 45.0 Å². The highest BCUT2D eigenvalue weighted by Gasteiger charge is 2.43. The summed E-state index contributed by atoms with van der Waals surface area (Å²) >= 11 is 0. The Morgan fingerprint density at radius 3 is 2.16 bits per heavy atom. The predicted octanol–water partition coefficient (Wildman–Crippen LogP) is 2.13. The Morgan fingerprint density at radius 2 is 1.59 bits per heavy atom. The van der Waals surface area contributed by atoms with Crippen LogP contribution in [-0.2, 0) is 19.7 Å². The number of aliphatic hydroxyl groups excluding tert-OH is 1. The highest BCUT2D eigenvalue weighted by molar-refractivity contribution is 5.87. The van der Waals surface area contributed by atoms with Crippen molar-refractivity contribution in [1.29, 1.82) is 0 Å². The van der Waals surface area contributed by atoms with Gasteiger partial charge in [0.15, 0.2) is 0 Å². The first-order valence-electron chi connectivity index (χ1n) is 13.3. The minimum absolute atomic E-state index is 0.0923. The van der Waals surface area contributed by atoms with Gasteiger partial charge in [-0.3, -0.25) is 14.8 Å². The molecule has 204 valence electrons. The van der Waals surface area contributed by atoms with Gasteiger partial charge in [0.1, 0.15) is 6.10 Å². The lowest BCUT2D eigenvalue weighted by molar-refractivity contribution is -0.149. The molecule has 1 aromatic rings. The number of carbonyl (C=O) groups is 3. The summed E-state index contributed by atoms with van der Waals surface area (Å²) in [5, 5.41) is 19.0. The molecular formula is C27H40N4O6. The van der Waals surface area contributed by atoms with Crippen LogP contribution in [0.1, 0.15) is 52.0 Å². The predicted molar refractivity (Wildman–Crippen MR) is 137 cm³/mol. The van der Waals surface area contributed by atoms with E-state index >= 15 is 0 Å². The van der Waals surface area contributed by atoms with Crippen LogP contribution in [0.15, 0.2) is 24.3 Å². The van der Waals surface area contributed by atoms with Crippen molar-refractivity contribution in [3.05, 3.63) is 29.8 Å². The Balaban J connectivity index is 1.33. The van der Waals surface area contributed by atoms with Crippen molar-refractivity contribution in [3.8, 4) is 0 Å². The number of aliphatic hydroxyl groups is 1. The molecule has 3 amide bonds. The fourth-order valence-corrected chi connectivity index (χ4v) is 5.62. The van der Waals surface area contributed by atoms with Crippen molar-refractivity contribution in [2.24, 2.45) is 11.8 Å². The summed E-state index contributed by atoms with van der Waals surface area (Å²) in [4.78, 5) is 43.9. The van der Waals surface area contributed by atoms with E-state index < -0.39 is 36.0 Å². The van der Waals surface area contributed by atoms with E-state index in [1.54, 1.807) is 10.4 Å². The number of rotatable bonds is 4. The number of benzene rings is 1. The molecular weight excluding hydrogens is 476 g/mol.